The molecule has 24 heavy (non-hydrogen) atoms. The molecule has 1 aliphatic heterocycles. The first kappa shape index (κ1) is 17.1. The molecule has 1 aromatic carbocycles. The van der Waals surface area contributed by atoms with Gasteiger partial charge in [0.2, 0.25) is 0 Å². The fourth-order valence-electron chi connectivity index (χ4n) is 4.40. The fraction of sp³-hybridized carbons (Fsp3) is 0.632. The van der Waals surface area contributed by atoms with Crippen LogP contribution in [0.3, 0.4) is 0 Å². The van der Waals surface area contributed by atoms with Gasteiger partial charge in [0.15, 0.2) is 6.54 Å². The first-order valence-corrected chi connectivity index (χ1v) is 9.07. The summed E-state index contributed by atoms with van der Waals surface area (Å²) in [7, 11) is 3.23. The van der Waals surface area contributed by atoms with Gasteiger partial charge in [0.1, 0.15) is 11.5 Å². The molecule has 3 atom stereocenters. The van der Waals surface area contributed by atoms with Crippen LogP contribution in [0.2, 0.25) is 0 Å². The monoisotopic (exact) mass is 333 g/mol. The number of likely N-dealkylation sites (tertiary alicyclic amines) is 1. The second kappa shape index (κ2) is 7.88. The number of carbonyl (C=O) groups excluding carboxylic acids is 1. The zero-order valence-corrected chi connectivity index (χ0v) is 14.8. The van der Waals surface area contributed by atoms with Crippen LogP contribution in [-0.2, 0) is 4.79 Å². The van der Waals surface area contributed by atoms with E-state index < -0.39 is 0 Å². The predicted molar refractivity (Wildman–Crippen MR) is 93.9 cm³/mol. The average Bonchev–Trinajstić information content (AvgIpc) is 2.62. The van der Waals surface area contributed by atoms with E-state index in [-0.39, 0.29) is 5.91 Å². The van der Waals surface area contributed by atoms with Gasteiger partial charge in [-0.3, -0.25) is 4.79 Å². The molecule has 1 saturated heterocycles. The van der Waals surface area contributed by atoms with Crippen LogP contribution >= 0.6 is 0 Å². The van der Waals surface area contributed by atoms with E-state index in [0.29, 0.717) is 29.8 Å². The number of fused-ring (bicyclic) bond motifs is 1. The quantitative estimate of drug-likeness (QED) is 0.865. The van der Waals surface area contributed by atoms with Gasteiger partial charge < -0.3 is 19.7 Å². The van der Waals surface area contributed by atoms with Crippen molar-refractivity contribution in [2.24, 2.45) is 5.92 Å². The molecule has 1 unspecified atom stereocenters. The Morgan fingerprint density at radius 2 is 1.96 bits per heavy atom. The fourth-order valence-corrected chi connectivity index (χ4v) is 4.40. The third kappa shape index (κ3) is 3.83. The van der Waals surface area contributed by atoms with E-state index in [2.05, 4.69) is 5.32 Å². The van der Waals surface area contributed by atoms with Gasteiger partial charge in [0, 0.05) is 12.0 Å². The zero-order chi connectivity index (χ0) is 16.9. The Morgan fingerprint density at radius 3 is 2.75 bits per heavy atom. The van der Waals surface area contributed by atoms with Crippen molar-refractivity contribution in [2.75, 3.05) is 32.6 Å². The lowest BCUT2D eigenvalue weighted by Crippen LogP contribution is -3.18. The molecule has 0 radical (unpaired) electrons. The van der Waals surface area contributed by atoms with E-state index in [1.165, 1.54) is 43.4 Å². The predicted octanol–water partition coefficient (Wildman–Crippen LogP) is 1.88. The number of anilines is 1. The van der Waals surface area contributed by atoms with Crippen LogP contribution in [0.25, 0.3) is 0 Å². The van der Waals surface area contributed by atoms with Crippen LogP contribution in [0.1, 0.15) is 38.5 Å². The molecule has 0 spiro atoms. The first-order valence-electron chi connectivity index (χ1n) is 9.07. The van der Waals surface area contributed by atoms with Crippen molar-refractivity contribution in [3.05, 3.63) is 18.2 Å². The standard InChI is InChI=1S/C19H28N2O3/c1-23-15-9-10-18(24-2)16(12-15)20-19(22)13-21-11-5-7-14-6-3-4-8-17(14)21/h9-10,12,14,17H,3-8,11,13H2,1-2H3,(H,20,22)/p+1/t14-,17-/m0/s1. The minimum atomic E-state index is 0.0581. The molecule has 0 aromatic heterocycles. The number of hydrogen-bond donors (Lipinski definition) is 2. The number of carbonyl (C=O) groups is 1. The SMILES string of the molecule is COc1ccc(OC)c(NC(=O)C[NH+]2CCC[C@@H]3CCCC[C@@H]32)c1. The highest BCUT2D eigenvalue weighted by molar-refractivity contribution is 5.93. The number of amides is 1. The van der Waals surface area contributed by atoms with Gasteiger partial charge in [0.25, 0.3) is 5.91 Å². The molecule has 5 heteroatoms. The Labute approximate surface area is 144 Å². The van der Waals surface area contributed by atoms with Gasteiger partial charge in [-0.25, -0.2) is 0 Å². The highest BCUT2D eigenvalue weighted by Gasteiger charge is 2.37. The number of methoxy groups -OCH3 is 2. The summed E-state index contributed by atoms with van der Waals surface area (Å²) in [4.78, 5) is 14.1. The van der Waals surface area contributed by atoms with Crippen LogP contribution < -0.4 is 19.7 Å². The number of quaternary nitrogens is 1. The van der Waals surface area contributed by atoms with E-state index in [4.69, 9.17) is 9.47 Å². The lowest BCUT2D eigenvalue weighted by Gasteiger charge is -2.40. The lowest BCUT2D eigenvalue weighted by atomic mass is 9.78. The molecule has 1 aliphatic carbocycles. The van der Waals surface area contributed by atoms with Gasteiger partial charge in [0.05, 0.1) is 32.5 Å². The Hall–Kier alpha value is -1.75. The van der Waals surface area contributed by atoms with Gasteiger partial charge >= 0.3 is 0 Å². The summed E-state index contributed by atoms with van der Waals surface area (Å²) in [5.74, 6) is 2.25. The molecule has 2 N–H and O–H groups in total. The van der Waals surface area contributed by atoms with E-state index in [1.54, 1.807) is 14.2 Å². The number of piperidine rings is 1. The molecule has 5 nitrogen and oxygen atoms in total. The maximum absolute atomic E-state index is 12.6. The number of benzene rings is 1. The number of hydrogen-bond acceptors (Lipinski definition) is 3. The molecule has 1 aromatic rings. The molecule has 3 rings (SSSR count). The van der Waals surface area contributed by atoms with Crippen molar-refractivity contribution in [1.29, 1.82) is 0 Å². The van der Waals surface area contributed by atoms with Crippen molar-refractivity contribution in [1.82, 2.24) is 0 Å². The van der Waals surface area contributed by atoms with E-state index in [0.717, 1.165) is 12.5 Å². The first-order chi connectivity index (χ1) is 11.7. The Kier molecular flexibility index (Phi) is 5.61. The summed E-state index contributed by atoms with van der Waals surface area (Å²) in [5.41, 5.74) is 0.679. The van der Waals surface area contributed by atoms with E-state index in [1.807, 2.05) is 18.2 Å². The molecular weight excluding hydrogens is 304 g/mol. The van der Waals surface area contributed by atoms with Crippen molar-refractivity contribution < 1.29 is 19.2 Å². The Morgan fingerprint density at radius 1 is 1.17 bits per heavy atom. The number of nitrogens with one attached hydrogen (secondary N) is 2. The van der Waals surface area contributed by atoms with Crippen LogP contribution in [0.15, 0.2) is 18.2 Å². The van der Waals surface area contributed by atoms with Crippen LogP contribution in [0.4, 0.5) is 5.69 Å². The third-order valence-corrected chi connectivity index (χ3v) is 5.57. The van der Waals surface area contributed by atoms with E-state index >= 15 is 0 Å². The second-order valence-corrected chi connectivity index (χ2v) is 6.99. The molecule has 132 valence electrons. The second-order valence-electron chi connectivity index (χ2n) is 6.99. The number of ether oxygens (including phenoxy) is 2. The van der Waals surface area contributed by atoms with Crippen molar-refractivity contribution in [3.8, 4) is 11.5 Å². The summed E-state index contributed by atoms with van der Waals surface area (Å²) in [6.07, 6.45) is 7.89. The summed E-state index contributed by atoms with van der Waals surface area (Å²) in [6.45, 7) is 1.66. The van der Waals surface area contributed by atoms with Crippen LogP contribution in [0, 0.1) is 5.92 Å². The molecular formula is C19H29N2O3+. The van der Waals surface area contributed by atoms with Gasteiger partial charge in [-0.05, 0) is 44.2 Å². The smallest absolute Gasteiger partial charge is 0.279 e. The normalized spacial score (nSPS) is 26.3. The van der Waals surface area contributed by atoms with Crippen molar-refractivity contribution >= 4 is 11.6 Å². The Bertz CT molecular complexity index is 574. The van der Waals surface area contributed by atoms with Crippen LogP contribution in [0.5, 0.6) is 11.5 Å². The topological polar surface area (TPSA) is 52.0 Å². The third-order valence-electron chi connectivity index (χ3n) is 5.57. The Balaban J connectivity index is 1.65. The zero-order valence-electron chi connectivity index (χ0n) is 14.8. The molecule has 0 bridgehead atoms. The largest absolute Gasteiger partial charge is 0.497 e. The molecule has 1 amide bonds. The van der Waals surface area contributed by atoms with Crippen molar-refractivity contribution in [2.45, 2.75) is 44.6 Å². The average molecular weight is 333 g/mol. The maximum Gasteiger partial charge on any atom is 0.279 e. The molecule has 1 heterocycles. The van der Waals surface area contributed by atoms with E-state index in [9.17, 15) is 4.79 Å². The number of rotatable bonds is 5. The van der Waals surface area contributed by atoms with Crippen molar-refractivity contribution in [3.63, 3.8) is 0 Å². The summed E-state index contributed by atoms with van der Waals surface area (Å²) in [5, 5.41) is 3.01. The highest BCUT2D eigenvalue weighted by Crippen LogP contribution is 2.29. The highest BCUT2D eigenvalue weighted by atomic mass is 16.5. The summed E-state index contributed by atoms with van der Waals surface area (Å²) >= 11 is 0. The maximum atomic E-state index is 12.6. The summed E-state index contributed by atoms with van der Waals surface area (Å²) < 4.78 is 10.6. The minimum Gasteiger partial charge on any atom is -0.497 e. The van der Waals surface area contributed by atoms with Gasteiger partial charge in [-0.2, -0.15) is 0 Å². The minimum absolute atomic E-state index is 0.0581. The van der Waals surface area contributed by atoms with Gasteiger partial charge in [-0.1, -0.05) is 6.42 Å². The molecule has 1 saturated carbocycles. The van der Waals surface area contributed by atoms with Gasteiger partial charge in [-0.15, -0.1) is 0 Å². The molecule has 2 fully saturated rings. The lowest BCUT2D eigenvalue weighted by molar-refractivity contribution is -0.928. The summed E-state index contributed by atoms with van der Waals surface area (Å²) in [6, 6.07) is 6.13. The van der Waals surface area contributed by atoms with Crippen LogP contribution in [-0.4, -0.2) is 39.3 Å². The molecule has 2 aliphatic rings.